The van der Waals surface area contributed by atoms with E-state index in [1.165, 1.54) is 6.42 Å². The van der Waals surface area contributed by atoms with Gasteiger partial charge in [-0.05, 0) is 32.4 Å². The fourth-order valence-corrected chi connectivity index (χ4v) is 2.19. The minimum Gasteiger partial charge on any atom is -0.383 e. The molecule has 4 N–H and O–H groups in total. The molecule has 0 radical (unpaired) electrons. The van der Waals surface area contributed by atoms with Gasteiger partial charge in [0.05, 0.1) is 0 Å². The minimum atomic E-state index is 0.0979. The van der Waals surface area contributed by atoms with Gasteiger partial charge in [0.25, 0.3) is 0 Å². The fraction of sp³-hybridized carbons (Fsp3) is 0.538. The standard InChI is InChI=1S/C13H20N4O/c1-9(18)7-10-4-5-12(17-13(10)14)16-11-3-2-6-15-8-11/h4-5,11,15H,2-3,6-8H2,1H3,(H3,14,16,17). The van der Waals surface area contributed by atoms with Crippen molar-refractivity contribution in [2.45, 2.75) is 32.2 Å². The Bertz CT molecular complexity index is 427. The van der Waals surface area contributed by atoms with Crippen LogP contribution in [0.1, 0.15) is 25.3 Å². The number of anilines is 2. The highest BCUT2D eigenvalue weighted by molar-refractivity contribution is 5.79. The molecule has 5 nitrogen and oxygen atoms in total. The molecule has 1 saturated heterocycles. The van der Waals surface area contributed by atoms with Gasteiger partial charge in [-0.1, -0.05) is 6.07 Å². The monoisotopic (exact) mass is 248 g/mol. The van der Waals surface area contributed by atoms with E-state index in [1.54, 1.807) is 6.92 Å². The van der Waals surface area contributed by atoms with Crippen molar-refractivity contribution >= 4 is 17.4 Å². The summed E-state index contributed by atoms with van der Waals surface area (Å²) in [6, 6.07) is 4.18. The van der Waals surface area contributed by atoms with Crippen LogP contribution in [0.5, 0.6) is 0 Å². The summed E-state index contributed by atoms with van der Waals surface area (Å²) in [5, 5.41) is 6.70. The van der Waals surface area contributed by atoms with E-state index >= 15 is 0 Å². The lowest BCUT2D eigenvalue weighted by Crippen LogP contribution is -2.38. The van der Waals surface area contributed by atoms with Crippen molar-refractivity contribution < 1.29 is 4.79 Å². The average molecular weight is 248 g/mol. The summed E-state index contributed by atoms with van der Waals surface area (Å²) < 4.78 is 0. The zero-order valence-electron chi connectivity index (χ0n) is 10.7. The summed E-state index contributed by atoms with van der Waals surface area (Å²) >= 11 is 0. The summed E-state index contributed by atoms with van der Waals surface area (Å²) in [5.74, 6) is 1.33. The van der Waals surface area contributed by atoms with E-state index in [2.05, 4.69) is 15.6 Å². The van der Waals surface area contributed by atoms with E-state index in [1.807, 2.05) is 12.1 Å². The van der Waals surface area contributed by atoms with Crippen molar-refractivity contribution in [2.75, 3.05) is 24.1 Å². The number of rotatable bonds is 4. The van der Waals surface area contributed by atoms with E-state index < -0.39 is 0 Å². The smallest absolute Gasteiger partial charge is 0.134 e. The number of nitrogen functional groups attached to an aromatic ring is 1. The van der Waals surface area contributed by atoms with Crippen LogP contribution in [-0.2, 0) is 11.2 Å². The van der Waals surface area contributed by atoms with Crippen molar-refractivity contribution in [3.05, 3.63) is 17.7 Å². The van der Waals surface area contributed by atoms with Crippen LogP contribution in [0.3, 0.4) is 0 Å². The molecule has 0 amide bonds. The molecule has 2 heterocycles. The lowest BCUT2D eigenvalue weighted by Gasteiger charge is -2.24. The molecule has 18 heavy (non-hydrogen) atoms. The summed E-state index contributed by atoms with van der Waals surface area (Å²) in [7, 11) is 0. The van der Waals surface area contributed by atoms with Crippen LogP contribution < -0.4 is 16.4 Å². The first-order valence-electron chi connectivity index (χ1n) is 6.37. The number of piperidine rings is 1. The number of aromatic nitrogens is 1. The maximum Gasteiger partial charge on any atom is 0.134 e. The van der Waals surface area contributed by atoms with Crippen LogP contribution in [0.25, 0.3) is 0 Å². The highest BCUT2D eigenvalue weighted by Crippen LogP contribution is 2.16. The molecule has 1 aliphatic rings. The van der Waals surface area contributed by atoms with Gasteiger partial charge in [0.15, 0.2) is 0 Å². The molecule has 5 heteroatoms. The second-order valence-corrected chi connectivity index (χ2v) is 4.81. The molecule has 98 valence electrons. The molecule has 1 aliphatic heterocycles. The average Bonchev–Trinajstić information content (AvgIpc) is 2.33. The Labute approximate surface area is 107 Å². The topological polar surface area (TPSA) is 80.0 Å². The van der Waals surface area contributed by atoms with Crippen molar-refractivity contribution in [2.24, 2.45) is 0 Å². The summed E-state index contributed by atoms with van der Waals surface area (Å²) in [6.07, 6.45) is 2.67. The maximum atomic E-state index is 11.1. The van der Waals surface area contributed by atoms with Crippen LogP contribution in [0.15, 0.2) is 12.1 Å². The first-order valence-corrected chi connectivity index (χ1v) is 6.37. The van der Waals surface area contributed by atoms with Gasteiger partial charge in [-0.3, -0.25) is 4.79 Å². The van der Waals surface area contributed by atoms with E-state index in [0.29, 0.717) is 18.3 Å². The molecule has 1 atom stereocenters. The predicted molar refractivity (Wildman–Crippen MR) is 72.5 cm³/mol. The summed E-state index contributed by atoms with van der Waals surface area (Å²) in [6.45, 7) is 3.60. The summed E-state index contributed by atoms with van der Waals surface area (Å²) in [5.41, 5.74) is 6.66. The molecule has 1 fully saturated rings. The normalized spacial score (nSPS) is 19.5. The number of hydrogen-bond donors (Lipinski definition) is 3. The third-order valence-electron chi connectivity index (χ3n) is 3.10. The number of hydrogen-bond acceptors (Lipinski definition) is 5. The first kappa shape index (κ1) is 12.8. The van der Waals surface area contributed by atoms with Crippen LogP contribution >= 0.6 is 0 Å². The maximum absolute atomic E-state index is 11.1. The largest absolute Gasteiger partial charge is 0.383 e. The van der Waals surface area contributed by atoms with Crippen LogP contribution in [-0.4, -0.2) is 29.9 Å². The molecule has 0 spiro atoms. The van der Waals surface area contributed by atoms with Gasteiger partial charge < -0.3 is 16.4 Å². The zero-order valence-corrected chi connectivity index (χ0v) is 10.7. The number of nitrogens with one attached hydrogen (secondary N) is 2. The Morgan fingerprint density at radius 1 is 1.61 bits per heavy atom. The molecule has 1 aromatic rings. The molecule has 1 aromatic heterocycles. The Hall–Kier alpha value is -1.62. The second-order valence-electron chi connectivity index (χ2n) is 4.81. The SMILES string of the molecule is CC(=O)Cc1ccc(NC2CCCNC2)nc1N. The number of carbonyl (C=O) groups is 1. The number of nitrogens with zero attached hydrogens (tertiary/aromatic N) is 1. The van der Waals surface area contributed by atoms with Crippen LogP contribution in [0.2, 0.25) is 0 Å². The van der Waals surface area contributed by atoms with E-state index in [0.717, 1.165) is 30.9 Å². The van der Waals surface area contributed by atoms with Gasteiger partial charge in [0.1, 0.15) is 17.4 Å². The Kier molecular flexibility index (Phi) is 4.15. The first-order chi connectivity index (χ1) is 8.65. The van der Waals surface area contributed by atoms with Gasteiger partial charge in [-0.15, -0.1) is 0 Å². The zero-order chi connectivity index (χ0) is 13.0. The molecule has 1 unspecified atom stereocenters. The molecule has 0 aromatic carbocycles. The molecular formula is C13H20N4O. The van der Waals surface area contributed by atoms with Gasteiger partial charge in [0, 0.05) is 24.6 Å². The van der Waals surface area contributed by atoms with E-state index in [4.69, 9.17) is 5.73 Å². The minimum absolute atomic E-state index is 0.0979. The van der Waals surface area contributed by atoms with Crippen molar-refractivity contribution in [1.29, 1.82) is 0 Å². The molecule has 2 rings (SSSR count). The van der Waals surface area contributed by atoms with Crippen molar-refractivity contribution in [3.8, 4) is 0 Å². The van der Waals surface area contributed by atoms with Crippen molar-refractivity contribution in [1.82, 2.24) is 10.3 Å². The molecule has 0 saturated carbocycles. The van der Waals surface area contributed by atoms with Crippen molar-refractivity contribution in [3.63, 3.8) is 0 Å². The van der Waals surface area contributed by atoms with Gasteiger partial charge in [0.2, 0.25) is 0 Å². The number of Topliss-reactive ketones (excluding diaryl/α,β-unsaturated/α-hetero) is 1. The number of ketones is 1. The number of pyridine rings is 1. The third kappa shape index (κ3) is 3.43. The number of nitrogens with two attached hydrogens (primary N) is 1. The lowest BCUT2D eigenvalue weighted by atomic mass is 10.1. The highest BCUT2D eigenvalue weighted by atomic mass is 16.1. The predicted octanol–water partition coefficient (Wildman–Crippen LogP) is 0.959. The fourth-order valence-electron chi connectivity index (χ4n) is 2.19. The van der Waals surface area contributed by atoms with Gasteiger partial charge in [-0.25, -0.2) is 4.98 Å². The molecule has 0 bridgehead atoms. The lowest BCUT2D eigenvalue weighted by molar-refractivity contribution is -0.116. The third-order valence-corrected chi connectivity index (χ3v) is 3.10. The highest BCUT2D eigenvalue weighted by Gasteiger charge is 2.13. The van der Waals surface area contributed by atoms with Crippen LogP contribution in [0.4, 0.5) is 11.6 Å². The van der Waals surface area contributed by atoms with Crippen LogP contribution in [0, 0.1) is 0 Å². The Balaban J connectivity index is 2.01. The van der Waals surface area contributed by atoms with Gasteiger partial charge in [-0.2, -0.15) is 0 Å². The Morgan fingerprint density at radius 3 is 3.06 bits per heavy atom. The second kappa shape index (κ2) is 5.82. The number of carbonyl (C=O) groups excluding carboxylic acids is 1. The van der Waals surface area contributed by atoms with E-state index in [-0.39, 0.29) is 5.78 Å². The van der Waals surface area contributed by atoms with Gasteiger partial charge >= 0.3 is 0 Å². The Morgan fingerprint density at radius 2 is 2.44 bits per heavy atom. The molecular weight excluding hydrogens is 228 g/mol. The summed E-state index contributed by atoms with van der Waals surface area (Å²) in [4.78, 5) is 15.4. The quantitative estimate of drug-likeness (QED) is 0.739. The van der Waals surface area contributed by atoms with E-state index in [9.17, 15) is 4.79 Å². The molecule has 0 aliphatic carbocycles.